The second-order valence-electron chi connectivity index (χ2n) is 4.31. The molecule has 0 amide bonds. The zero-order chi connectivity index (χ0) is 12.3. The zero-order valence-electron chi connectivity index (χ0n) is 9.50. The lowest BCUT2D eigenvalue weighted by atomic mass is 10.2. The van der Waals surface area contributed by atoms with E-state index in [1.165, 1.54) is 6.07 Å². The summed E-state index contributed by atoms with van der Waals surface area (Å²) in [4.78, 5) is 2.15. The van der Waals surface area contributed by atoms with Crippen molar-refractivity contribution in [2.24, 2.45) is 0 Å². The van der Waals surface area contributed by atoms with Gasteiger partial charge in [-0.15, -0.1) is 0 Å². The Morgan fingerprint density at radius 2 is 2.24 bits per heavy atom. The van der Waals surface area contributed by atoms with Gasteiger partial charge in [0.2, 0.25) is 0 Å². The van der Waals surface area contributed by atoms with Crippen LogP contribution in [0.4, 0.5) is 4.39 Å². The fourth-order valence-electron chi connectivity index (χ4n) is 1.91. The summed E-state index contributed by atoms with van der Waals surface area (Å²) in [5.41, 5.74) is 0.541. The fourth-order valence-corrected chi connectivity index (χ4v) is 2.13. The van der Waals surface area contributed by atoms with Gasteiger partial charge in [-0.1, -0.05) is 17.7 Å². The third-order valence-electron chi connectivity index (χ3n) is 3.00. The molecule has 1 aliphatic rings. The average molecular weight is 253 g/mol. The first-order chi connectivity index (χ1) is 8.22. The Balaban J connectivity index is 2.09. The van der Waals surface area contributed by atoms with Gasteiger partial charge >= 0.3 is 0 Å². The Bertz CT molecular complexity index is 417. The van der Waals surface area contributed by atoms with Gasteiger partial charge in [0.15, 0.2) is 0 Å². The molecular weight excluding hydrogens is 239 g/mol. The lowest BCUT2D eigenvalue weighted by Crippen LogP contribution is -2.27. The number of nitriles is 1. The van der Waals surface area contributed by atoms with Crippen LogP contribution in [0.25, 0.3) is 0 Å². The second-order valence-corrected chi connectivity index (χ2v) is 4.72. The molecule has 0 atom stereocenters. The highest BCUT2D eigenvalue weighted by Gasteiger charge is 2.29. The Labute approximate surface area is 106 Å². The molecule has 1 saturated carbocycles. The summed E-state index contributed by atoms with van der Waals surface area (Å²) < 4.78 is 13.6. The number of hydrogen-bond acceptors (Lipinski definition) is 2. The standard InChI is InChI=1S/C13H14ClFN2/c14-12-3-1-4-13(15)11(12)9-17(8-2-7-16)10-5-6-10/h1,3-4,10H,2,5-6,8-9H2. The molecule has 2 rings (SSSR count). The van der Waals surface area contributed by atoms with Crippen LogP contribution in [0.3, 0.4) is 0 Å². The highest BCUT2D eigenvalue weighted by atomic mass is 35.5. The zero-order valence-corrected chi connectivity index (χ0v) is 10.3. The Morgan fingerprint density at radius 3 is 2.82 bits per heavy atom. The van der Waals surface area contributed by atoms with E-state index in [9.17, 15) is 4.39 Å². The number of benzene rings is 1. The molecule has 0 saturated heterocycles. The van der Waals surface area contributed by atoms with Gasteiger partial charge in [-0.3, -0.25) is 4.90 Å². The van der Waals surface area contributed by atoms with Crippen molar-refractivity contribution in [2.75, 3.05) is 6.54 Å². The predicted molar refractivity (Wildman–Crippen MR) is 65.1 cm³/mol. The van der Waals surface area contributed by atoms with Gasteiger partial charge in [-0.05, 0) is 25.0 Å². The molecule has 90 valence electrons. The first-order valence-corrected chi connectivity index (χ1v) is 6.14. The molecule has 0 radical (unpaired) electrons. The van der Waals surface area contributed by atoms with E-state index in [0.717, 1.165) is 12.8 Å². The minimum absolute atomic E-state index is 0.264. The Morgan fingerprint density at radius 1 is 1.47 bits per heavy atom. The van der Waals surface area contributed by atoms with Crippen LogP contribution < -0.4 is 0 Å². The van der Waals surface area contributed by atoms with Gasteiger partial charge in [0, 0.05) is 36.1 Å². The number of halogens is 2. The van der Waals surface area contributed by atoms with Crippen LogP contribution >= 0.6 is 11.6 Å². The predicted octanol–water partition coefficient (Wildman–Crippen LogP) is 3.36. The van der Waals surface area contributed by atoms with E-state index in [1.807, 2.05) is 0 Å². The largest absolute Gasteiger partial charge is 0.295 e. The lowest BCUT2D eigenvalue weighted by molar-refractivity contribution is 0.257. The highest BCUT2D eigenvalue weighted by Crippen LogP contribution is 2.30. The van der Waals surface area contributed by atoms with Crippen LogP contribution in [0.5, 0.6) is 0 Å². The third kappa shape index (κ3) is 3.18. The monoisotopic (exact) mass is 252 g/mol. The van der Waals surface area contributed by atoms with E-state index in [1.54, 1.807) is 12.1 Å². The topological polar surface area (TPSA) is 27.0 Å². The number of rotatable bonds is 5. The number of hydrogen-bond donors (Lipinski definition) is 0. The van der Waals surface area contributed by atoms with E-state index >= 15 is 0 Å². The second kappa shape index (κ2) is 5.48. The smallest absolute Gasteiger partial charge is 0.129 e. The van der Waals surface area contributed by atoms with Crippen molar-refractivity contribution in [1.82, 2.24) is 4.90 Å². The quantitative estimate of drug-likeness (QED) is 0.804. The summed E-state index contributed by atoms with van der Waals surface area (Å²) in [7, 11) is 0. The summed E-state index contributed by atoms with van der Waals surface area (Å²) in [6.45, 7) is 1.18. The average Bonchev–Trinajstić information content (AvgIpc) is 3.12. The normalized spacial score (nSPS) is 14.9. The summed E-state index contributed by atoms with van der Waals surface area (Å²) in [5.74, 6) is -0.264. The summed E-state index contributed by atoms with van der Waals surface area (Å²) >= 11 is 6.00. The first-order valence-electron chi connectivity index (χ1n) is 5.76. The van der Waals surface area contributed by atoms with Crippen molar-refractivity contribution in [1.29, 1.82) is 5.26 Å². The first kappa shape index (κ1) is 12.3. The van der Waals surface area contributed by atoms with Crippen LogP contribution in [-0.2, 0) is 6.54 Å². The van der Waals surface area contributed by atoms with Gasteiger partial charge in [0.25, 0.3) is 0 Å². The van der Waals surface area contributed by atoms with E-state index in [2.05, 4.69) is 11.0 Å². The van der Waals surface area contributed by atoms with Crippen LogP contribution in [0.1, 0.15) is 24.8 Å². The SMILES string of the molecule is N#CCCN(Cc1c(F)cccc1Cl)C1CC1. The van der Waals surface area contributed by atoms with Crippen LogP contribution in [0, 0.1) is 17.1 Å². The molecule has 0 unspecified atom stereocenters. The van der Waals surface area contributed by atoms with Crippen molar-refractivity contribution >= 4 is 11.6 Å². The molecule has 0 spiro atoms. The van der Waals surface area contributed by atoms with Gasteiger partial charge < -0.3 is 0 Å². The maximum absolute atomic E-state index is 13.6. The molecule has 1 aromatic rings. The van der Waals surface area contributed by atoms with Crippen molar-refractivity contribution in [3.8, 4) is 6.07 Å². The Hall–Kier alpha value is -1.11. The summed E-state index contributed by atoms with van der Waals surface area (Å²) in [5, 5.41) is 9.08. The molecule has 17 heavy (non-hydrogen) atoms. The lowest BCUT2D eigenvalue weighted by Gasteiger charge is -2.21. The fraction of sp³-hybridized carbons (Fsp3) is 0.462. The molecule has 0 heterocycles. The van der Waals surface area contributed by atoms with Gasteiger partial charge in [0.05, 0.1) is 6.07 Å². The molecular formula is C13H14ClFN2. The molecule has 2 nitrogen and oxygen atoms in total. The molecule has 4 heteroatoms. The van der Waals surface area contributed by atoms with Gasteiger partial charge in [-0.2, -0.15) is 5.26 Å². The van der Waals surface area contributed by atoms with Crippen molar-refractivity contribution < 1.29 is 4.39 Å². The van der Waals surface area contributed by atoms with Crippen molar-refractivity contribution in [3.63, 3.8) is 0 Å². The highest BCUT2D eigenvalue weighted by molar-refractivity contribution is 6.31. The van der Waals surface area contributed by atoms with E-state index in [4.69, 9.17) is 16.9 Å². The van der Waals surface area contributed by atoms with Crippen LogP contribution in [0.2, 0.25) is 5.02 Å². The van der Waals surface area contributed by atoms with E-state index in [-0.39, 0.29) is 5.82 Å². The van der Waals surface area contributed by atoms with Gasteiger partial charge in [0.1, 0.15) is 5.82 Å². The molecule has 1 fully saturated rings. The molecule has 1 aliphatic carbocycles. The molecule has 0 aromatic heterocycles. The van der Waals surface area contributed by atoms with Crippen LogP contribution in [-0.4, -0.2) is 17.5 Å². The Kier molecular flexibility index (Phi) is 3.98. The minimum atomic E-state index is -0.264. The van der Waals surface area contributed by atoms with Crippen LogP contribution in [0.15, 0.2) is 18.2 Å². The minimum Gasteiger partial charge on any atom is -0.295 e. The maximum Gasteiger partial charge on any atom is 0.129 e. The maximum atomic E-state index is 13.6. The molecule has 0 aliphatic heterocycles. The molecule has 0 N–H and O–H groups in total. The molecule has 1 aromatic carbocycles. The third-order valence-corrected chi connectivity index (χ3v) is 3.35. The van der Waals surface area contributed by atoms with Crippen molar-refractivity contribution in [2.45, 2.75) is 31.8 Å². The summed E-state index contributed by atoms with van der Waals surface area (Å²) in [6, 6.07) is 7.37. The van der Waals surface area contributed by atoms with Gasteiger partial charge in [-0.25, -0.2) is 4.39 Å². The van der Waals surface area contributed by atoms with Crippen molar-refractivity contribution in [3.05, 3.63) is 34.6 Å². The molecule has 0 bridgehead atoms. The number of nitrogens with zero attached hydrogens (tertiary/aromatic N) is 2. The summed E-state index contributed by atoms with van der Waals surface area (Å²) in [6.07, 6.45) is 2.75. The van der Waals surface area contributed by atoms with E-state index < -0.39 is 0 Å². The van der Waals surface area contributed by atoms with E-state index in [0.29, 0.717) is 36.1 Å².